The summed E-state index contributed by atoms with van der Waals surface area (Å²) >= 11 is 0. The van der Waals surface area contributed by atoms with Gasteiger partial charge in [-0.2, -0.15) is 13.2 Å². The number of halogens is 3. The van der Waals surface area contributed by atoms with E-state index < -0.39 is 12.1 Å². The highest BCUT2D eigenvalue weighted by Crippen LogP contribution is 2.16. The van der Waals surface area contributed by atoms with E-state index in [9.17, 15) is 22.8 Å². The quantitative estimate of drug-likeness (QED) is 0.775. The van der Waals surface area contributed by atoms with Crippen LogP contribution in [-0.4, -0.2) is 75.7 Å². The number of piperazine rings is 1. The van der Waals surface area contributed by atoms with Gasteiger partial charge in [0.05, 0.1) is 5.56 Å². The Morgan fingerprint density at radius 2 is 1.97 bits per heavy atom. The predicted octanol–water partition coefficient (Wildman–Crippen LogP) is 1.72. The van der Waals surface area contributed by atoms with Crippen molar-refractivity contribution in [1.29, 1.82) is 0 Å². The van der Waals surface area contributed by atoms with E-state index in [0.29, 0.717) is 17.3 Å². The summed E-state index contributed by atoms with van der Waals surface area (Å²) in [7, 11) is 2.10. The van der Waals surface area contributed by atoms with Crippen molar-refractivity contribution in [3.05, 3.63) is 40.3 Å². The van der Waals surface area contributed by atoms with Gasteiger partial charge in [0.2, 0.25) is 5.56 Å². The number of rotatable bonds is 2. The van der Waals surface area contributed by atoms with Crippen molar-refractivity contribution in [3.8, 4) is 0 Å². The monoisotopic (exact) mass is 414 g/mol. The van der Waals surface area contributed by atoms with Gasteiger partial charge in [-0.3, -0.25) is 14.5 Å². The molecule has 0 aliphatic carbocycles. The van der Waals surface area contributed by atoms with Gasteiger partial charge in [-0.05, 0) is 25.6 Å². The number of nitrogens with one attached hydrogen (secondary N) is 1. The number of aliphatic carboxylic acids is 1. The summed E-state index contributed by atoms with van der Waals surface area (Å²) in [6, 6.07) is 5.33. The summed E-state index contributed by atoms with van der Waals surface area (Å²) in [5, 5.41) is 7.90. The number of likely N-dealkylation sites (N-methyl/N-ethyl adjacent to an activating group) is 1. The Kier molecular flexibility index (Phi) is 6.96. The molecule has 158 valence electrons. The fourth-order valence-corrected chi connectivity index (χ4v) is 2.91. The number of H-pyrrole nitrogens is 1. The highest BCUT2D eigenvalue weighted by molar-refractivity contribution is 5.96. The highest BCUT2D eigenvalue weighted by atomic mass is 19.4. The minimum atomic E-state index is -5.08. The van der Waals surface area contributed by atoms with Gasteiger partial charge in [0, 0.05) is 43.3 Å². The number of carboxylic acids is 1. The summed E-state index contributed by atoms with van der Waals surface area (Å²) in [5.41, 5.74) is 0.886. The van der Waals surface area contributed by atoms with Crippen LogP contribution in [0.4, 0.5) is 13.2 Å². The molecule has 0 radical (unpaired) electrons. The lowest BCUT2D eigenvalue weighted by molar-refractivity contribution is -0.192. The SMILES string of the molecule is CCC1CN(C(=O)c2cnc3[nH]c(=O)ccc3c2)CCN1C.O=C(O)C(F)(F)F. The molecule has 2 aromatic heterocycles. The van der Waals surface area contributed by atoms with Crippen LogP contribution in [0.3, 0.4) is 0 Å². The average molecular weight is 414 g/mol. The first-order chi connectivity index (χ1) is 13.5. The molecule has 1 unspecified atom stereocenters. The smallest absolute Gasteiger partial charge is 0.475 e. The number of pyridine rings is 2. The Hall–Kier alpha value is -2.95. The van der Waals surface area contributed by atoms with Crippen LogP contribution in [0, 0.1) is 0 Å². The molecular formula is C18H21F3N4O4. The molecule has 3 rings (SSSR count). The predicted molar refractivity (Wildman–Crippen MR) is 98.7 cm³/mol. The molecule has 1 fully saturated rings. The second-order valence-electron chi connectivity index (χ2n) is 6.58. The normalized spacial score (nSPS) is 17.6. The zero-order valence-corrected chi connectivity index (χ0v) is 15.9. The lowest BCUT2D eigenvalue weighted by Crippen LogP contribution is -2.52. The molecule has 29 heavy (non-hydrogen) atoms. The van der Waals surface area contributed by atoms with Crippen LogP contribution < -0.4 is 5.56 Å². The third-order valence-electron chi connectivity index (χ3n) is 4.60. The van der Waals surface area contributed by atoms with Crippen LogP contribution in [0.25, 0.3) is 11.0 Å². The molecule has 8 nitrogen and oxygen atoms in total. The maximum absolute atomic E-state index is 12.7. The molecule has 2 N–H and O–H groups in total. The number of hydrogen-bond donors (Lipinski definition) is 2. The molecule has 0 spiro atoms. The molecule has 1 aliphatic heterocycles. The van der Waals surface area contributed by atoms with Gasteiger partial charge in [-0.25, -0.2) is 9.78 Å². The van der Waals surface area contributed by atoms with Crippen LogP contribution in [0.5, 0.6) is 0 Å². The van der Waals surface area contributed by atoms with Crippen LogP contribution >= 0.6 is 0 Å². The van der Waals surface area contributed by atoms with Crippen LogP contribution in [0.15, 0.2) is 29.2 Å². The molecule has 11 heteroatoms. The van der Waals surface area contributed by atoms with E-state index in [1.165, 1.54) is 6.07 Å². The molecule has 1 atom stereocenters. The van der Waals surface area contributed by atoms with Gasteiger partial charge in [0.1, 0.15) is 5.65 Å². The van der Waals surface area contributed by atoms with E-state index in [-0.39, 0.29) is 11.5 Å². The summed E-state index contributed by atoms with van der Waals surface area (Å²) < 4.78 is 31.7. The van der Waals surface area contributed by atoms with Gasteiger partial charge < -0.3 is 15.0 Å². The number of amides is 1. The van der Waals surface area contributed by atoms with E-state index in [0.717, 1.165) is 31.4 Å². The molecule has 0 bridgehead atoms. The molecule has 2 aromatic rings. The van der Waals surface area contributed by atoms with E-state index in [1.807, 2.05) is 4.90 Å². The molecule has 1 aliphatic rings. The van der Waals surface area contributed by atoms with Crippen molar-refractivity contribution in [3.63, 3.8) is 0 Å². The summed E-state index contributed by atoms with van der Waals surface area (Å²) in [5.74, 6) is -2.75. The average Bonchev–Trinajstić information content (AvgIpc) is 2.67. The highest BCUT2D eigenvalue weighted by Gasteiger charge is 2.38. The minimum absolute atomic E-state index is 0.00662. The van der Waals surface area contributed by atoms with Crippen LogP contribution in [0.2, 0.25) is 0 Å². The zero-order valence-electron chi connectivity index (χ0n) is 15.9. The van der Waals surface area contributed by atoms with E-state index >= 15 is 0 Å². The van der Waals surface area contributed by atoms with E-state index in [2.05, 4.69) is 28.8 Å². The Morgan fingerprint density at radius 3 is 2.55 bits per heavy atom. The van der Waals surface area contributed by atoms with Crippen LogP contribution in [0.1, 0.15) is 23.7 Å². The standard InChI is InChI=1S/C16H20N4O2.C2HF3O2/c1-3-13-10-20(7-6-19(13)2)16(22)12-8-11-4-5-14(21)18-15(11)17-9-12;3-2(4,5)1(6)7/h4-5,8-9,13H,3,6-7,10H2,1-2H3,(H,17,18,21);(H,6,7). The topological polar surface area (TPSA) is 107 Å². The van der Waals surface area contributed by atoms with Gasteiger partial charge in [0.15, 0.2) is 0 Å². The van der Waals surface area contributed by atoms with Gasteiger partial charge in [-0.1, -0.05) is 6.92 Å². The Morgan fingerprint density at radius 1 is 1.31 bits per heavy atom. The third kappa shape index (κ3) is 5.76. The Balaban J connectivity index is 0.000000370. The molecule has 0 aromatic carbocycles. The number of hydrogen-bond acceptors (Lipinski definition) is 5. The van der Waals surface area contributed by atoms with Crippen molar-refractivity contribution in [2.24, 2.45) is 0 Å². The number of carboxylic acid groups (broad SMARTS) is 1. The molecular weight excluding hydrogens is 393 g/mol. The fourth-order valence-electron chi connectivity index (χ4n) is 2.91. The number of aromatic nitrogens is 2. The van der Waals surface area contributed by atoms with Crippen molar-refractivity contribution in [2.45, 2.75) is 25.6 Å². The molecule has 3 heterocycles. The largest absolute Gasteiger partial charge is 0.490 e. The van der Waals surface area contributed by atoms with Gasteiger partial charge in [0.25, 0.3) is 5.91 Å². The molecule has 1 amide bonds. The summed E-state index contributed by atoms with van der Waals surface area (Å²) in [4.78, 5) is 43.9. The summed E-state index contributed by atoms with van der Waals surface area (Å²) in [6.07, 6.45) is -2.52. The fraction of sp³-hybridized carbons (Fsp3) is 0.444. The summed E-state index contributed by atoms with van der Waals surface area (Å²) in [6.45, 7) is 4.51. The van der Waals surface area contributed by atoms with Gasteiger partial charge in [-0.15, -0.1) is 0 Å². The Bertz CT molecular complexity index is 945. The first-order valence-corrected chi connectivity index (χ1v) is 8.81. The van der Waals surface area contributed by atoms with Crippen molar-refractivity contribution in [1.82, 2.24) is 19.8 Å². The second-order valence-corrected chi connectivity index (χ2v) is 6.58. The first-order valence-electron chi connectivity index (χ1n) is 8.81. The third-order valence-corrected chi connectivity index (χ3v) is 4.60. The maximum atomic E-state index is 12.7. The number of nitrogens with zero attached hydrogens (tertiary/aromatic N) is 3. The van der Waals surface area contributed by atoms with Crippen molar-refractivity contribution < 1.29 is 27.9 Å². The van der Waals surface area contributed by atoms with E-state index in [1.54, 1.807) is 18.3 Å². The maximum Gasteiger partial charge on any atom is 0.490 e. The number of carbonyl (C=O) groups is 2. The number of aromatic amines is 1. The molecule has 0 saturated carbocycles. The molecule has 1 saturated heterocycles. The second kappa shape index (κ2) is 9.03. The lowest BCUT2D eigenvalue weighted by Gasteiger charge is -2.39. The zero-order chi connectivity index (χ0) is 21.8. The van der Waals surface area contributed by atoms with Crippen LogP contribution in [-0.2, 0) is 4.79 Å². The number of alkyl halides is 3. The number of carbonyl (C=O) groups excluding carboxylic acids is 1. The van der Waals surface area contributed by atoms with Gasteiger partial charge >= 0.3 is 12.1 Å². The number of fused-ring (bicyclic) bond motifs is 1. The van der Waals surface area contributed by atoms with E-state index in [4.69, 9.17) is 9.90 Å². The lowest BCUT2D eigenvalue weighted by atomic mass is 10.1. The van der Waals surface area contributed by atoms with Crippen molar-refractivity contribution >= 4 is 22.9 Å². The Labute approximate surface area is 163 Å². The first kappa shape index (κ1) is 22.3. The van der Waals surface area contributed by atoms with Crippen molar-refractivity contribution in [2.75, 3.05) is 26.7 Å². The minimum Gasteiger partial charge on any atom is -0.475 e.